The number of hydrogen-bond donors (Lipinski definition) is 0. The van der Waals surface area contributed by atoms with Crippen LogP contribution in [0.3, 0.4) is 0 Å². The number of esters is 1. The first-order valence-electron chi connectivity index (χ1n) is 7.50. The summed E-state index contributed by atoms with van der Waals surface area (Å²) >= 11 is 0. The molecule has 0 aromatic heterocycles. The molecule has 0 aliphatic carbocycles. The van der Waals surface area contributed by atoms with Gasteiger partial charge < -0.3 is 9.47 Å². The van der Waals surface area contributed by atoms with Gasteiger partial charge in [-0.1, -0.05) is 41.5 Å². The monoisotopic (exact) mass is 286 g/mol. The predicted octanol–water partition coefficient (Wildman–Crippen LogP) is 4.44. The van der Waals surface area contributed by atoms with E-state index in [0.717, 1.165) is 0 Å². The van der Waals surface area contributed by atoms with Gasteiger partial charge in [0.2, 0.25) is 0 Å². The molecule has 0 N–H and O–H groups in total. The Morgan fingerprint density at radius 3 is 1.50 bits per heavy atom. The molecule has 0 saturated carbocycles. The lowest BCUT2D eigenvalue weighted by atomic mass is 9.54. The second-order valence-electron chi connectivity index (χ2n) is 8.54. The van der Waals surface area contributed by atoms with E-state index in [1.54, 1.807) is 0 Å². The Kier molecular flexibility index (Phi) is 5.87. The minimum absolute atomic E-state index is 0.168. The SMILES string of the molecule is CCOCC(C(=O)OC(C)(C)C)(C(C)(C)C)C(C)(C)C. The highest BCUT2D eigenvalue weighted by Crippen LogP contribution is 2.53. The van der Waals surface area contributed by atoms with Crippen molar-refractivity contribution in [3.8, 4) is 0 Å². The molecule has 0 rings (SSSR count). The summed E-state index contributed by atoms with van der Waals surface area (Å²) in [5, 5.41) is 0. The zero-order valence-corrected chi connectivity index (χ0v) is 15.1. The summed E-state index contributed by atoms with van der Waals surface area (Å²) in [6, 6.07) is 0. The number of carbonyl (C=O) groups excluding carboxylic acids is 1. The van der Waals surface area contributed by atoms with Gasteiger partial charge in [0.1, 0.15) is 11.0 Å². The molecule has 0 aliphatic rings. The van der Waals surface area contributed by atoms with Gasteiger partial charge in [-0.25, -0.2) is 0 Å². The van der Waals surface area contributed by atoms with E-state index in [4.69, 9.17) is 9.47 Å². The van der Waals surface area contributed by atoms with Gasteiger partial charge in [0.25, 0.3) is 0 Å². The maximum Gasteiger partial charge on any atom is 0.316 e. The molecule has 0 aromatic carbocycles. The number of hydrogen-bond acceptors (Lipinski definition) is 3. The lowest BCUT2D eigenvalue weighted by Crippen LogP contribution is -2.57. The van der Waals surface area contributed by atoms with Crippen LogP contribution in [0.15, 0.2) is 0 Å². The molecule has 0 heterocycles. The van der Waals surface area contributed by atoms with Crippen LogP contribution in [0.1, 0.15) is 69.2 Å². The third-order valence-electron chi connectivity index (χ3n) is 3.83. The quantitative estimate of drug-likeness (QED) is 0.717. The Bertz CT molecular complexity index is 310. The van der Waals surface area contributed by atoms with Crippen LogP contribution in [0.25, 0.3) is 0 Å². The van der Waals surface area contributed by atoms with Crippen molar-refractivity contribution >= 4 is 5.97 Å². The third-order valence-corrected chi connectivity index (χ3v) is 3.83. The minimum atomic E-state index is -0.691. The molecule has 0 radical (unpaired) electrons. The number of rotatable bonds is 4. The highest BCUT2D eigenvalue weighted by atomic mass is 16.6. The van der Waals surface area contributed by atoms with Crippen LogP contribution in [-0.2, 0) is 14.3 Å². The Labute approximate surface area is 125 Å². The maximum absolute atomic E-state index is 13.0. The maximum atomic E-state index is 13.0. The molecule has 0 saturated heterocycles. The van der Waals surface area contributed by atoms with Gasteiger partial charge >= 0.3 is 5.97 Å². The fourth-order valence-electron chi connectivity index (χ4n) is 2.85. The second kappa shape index (κ2) is 6.05. The lowest BCUT2D eigenvalue weighted by Gasteiger charge is -2.51. The van der Waals surface area contributed by atoms with Crippen molar-refractivity contribution in [2.45, 2.75) is 74.8 Å². The van der Waals surface area contributed by atoms with Crippen molar-refractivity contribution in [1.29, 1.82) is 0 Å². The minimum Gasteiger partial charge on any atom is -0.459 e. The van der Waals surface area contributed by atoms with E-state index in [-0.39, 0.29) is 16.8 Å². The molecule has 0 bridgehead atoms. The summed E-state index contributed by atoms with van der Waals surface area (Å²) in [5.74, 6) is -0.168. The molecule has 20 heavy (non-hydrogen) atoms. The highest BCUT2D eigenvalue weighted by Gasteiger charge is 2.58. The standard InChI is InChI=1S/C17H34O3/c1-11-19-12-17(14(2,3)4,15(5,6)7)13(18)20-16(8,9)10/h11-12H2,1-10H3. The Hall–Kier alpha value is -0.570. The largest absolute Gasteiger partial charge is 0.459 e. The zero-order chi connectivity index (χ0) is 16.4. The molecule has 0 aromatic rings. The van der Waals surface area contributed by atoms with Gasteiger partial charge in [0, 0.05) is 6.61 Å². The highest BCUT2D eigenvalue weighted by molar-refractivity contribution is 5.79. The second-order valence-corrected chi connectivity index (χ2v) is 8.54. The summed E-state index contributed by atoms with van der Waals surface area (Å²) in [5.41, 5.74) is -1.71. The summed E-state index contributed by atoms with van der Waals surface area (Å²) in [6.45, 7) is 21.1. The first kappa shape index (κ1) is 19.4. The number of ether oxygens (including phenoxy) is 2. The van der Waals surface area contributed by atoms with E-state index in [1.165, 1.54) is 0 Å². The van der Waals surface area contributed by atoms with Crippen molar-refractivity contribution in [3.05, 3.63) is 0 Å². The Morgan fingerprint density at radius 2 is 1.25 bits per heavy atom. The molecule has 0 fully saturated rings. The van der Waals surface area contributed by atoms with E-state index >= 15 is 0 Å². The van der Waals surface area contributed by atoms with Gasteiger partial charge in [0.05, 0.1) is 6.61 Å². The van der Waals surface area contributed by atoms with Crippen LogP contribution in [0.5, 0.6) is 0 Å². The molecule has 0 atom stereocenters. The molecule has 0 amide bonds. The van der Waals surface area contributed by atoms with Gasteiger partial charge in [0.15, 0.2) is 0 Å². The van der Waals surface area contributed by atoms with Gasteiger partial charge in [-0.15, -0.1) is 0 Å². The van der Waals surface area contributed by atoms with Gasteiger partial charge in [-0.2, -0.15) is 0 Å². The lowest BCUT2D eigenvalue weighted by molar-refractivity contribution is -0.196. The average molecular weight is 286 g/mol. The van der Waals surface area contributed by atoms with Gasteiger partial charge in [-0.05, 0) is 38.5 Å². The van der Waals surface area contributed by atoms with Crippen molar-refractivity contribution in [2.75, 3.05) is 13.2 Å². The molecule has 3 heteroatoms. The summed E-state index contributed by atoms with van der Waals surface area (Å²) in [6.07, 6.45) is 0. The molecule has 0 aliphatic heterocycles. The zero-order valence-electron chi connectivity index (χ0n) is 15.1. The van der Waals surface area contributed by atoms with E-state index in [1.807, 2.05) is 27.7 Å². The number of carbonyl (C=O) groups is 1. The molecule has 0 unspecified atom stereocenters. The van der Waals surface area contributed by atoms with Crippen molar-refractivity contribution in [3.63, 3.8) is 0 Å². The fraction of sp³-hybridized carbons (Fsp3) is 0.941. The first-order chi connectivity index (χ1) is 8.69. The van der Waals surface area contributed by atoms with E-state index in [0.29, 0.717) is 13.2 Å². The van der Waals surface area contributed by atoms with Crippen molar-refractivity contribution < 1.29 is 14.3 Å². The topological polar surface area (TPSA) is 35.5 Å². The van der Waals surface area contributed by atoms with Crippen LogP contribution in [0.4, 0.5) is 0 Å². The fourth-order valence-corrected chi connectivity index (χ4v) is 2.85. The van der Waals surface area contributed by atoms with Crippen LogP contribution in [0, 0.1) is 16.2 Å². The molecule has 120 valence electrons. The normalized spacial score (nSPS) is 14.3. The van der Waals surface area contributed by atoms with Gasteiger partial charge in [-0.3, -0.25) is 4.79 Å². The third kappa shape index (κ3) is 4.21. The van der Waals surface area contributed by atoms with Crippen molar-refractivity contribution in [2.24, 2.45) is 16.2 Å². The van der Waals surface area contributed by atoms with Crippen molar-refractivity contribution in [1.82, 2.24) is 0 Å². The summed E-state index contributed by atoms with van der Waals surface area (Å²) in [7, 11) is 0. The summed E-state index contributed by atoms with van der Waals surface area (Å²) in [4.78, 5) is 13.0. The van der Waals surface area contributed by atoms with E-state index in [2.05, 4.69) is 41.5 Å². The van der Waals surface area contributed by atoms with Crippen LogP contribution in [-0.4, -0.2) is 24.8 Å². The summed E-state index contributed by atoms with van der Waals surface area (Å²) < 4.78 is 11.4. The molecule has 3 nitrogen and oxygen atoms in total. The Balaban J connectivity index is 5.82. The first-order valence-corrected chi connectivity index (χ1v) is 7.50. The average Bonchev–Trinajstić information content (AvgIpc) is 2.10. The van der Waals surface area contributed by atoms with Crippen LogP contribution >= 0.6 is 0 Å². The Morgan fingerprint density at radius 1 is 0.850 bits per heavy atom. The van der Waals surface area contributed by atoms with E-state index < -0.39 is 11.0 Å². The smallest absolute Gasteiger partial charge is 0.316 e. The molecular weight excluding hydrogens is 252 g/mol. The molecule has 0 spiro atoms. The van der Waals surface area contributed by atoms with E-state index in [9.17, 15) is 4.79 Å². The van der Waals surface area contributed by atoms with Crippen LogP contribution < -0.4 is 0 Å². The predicted molar refractivity (Wildman–Crippen MR) is 83.7 cm³/mol. The van der Waals surface area contributed by atoms with Crippen LogP contribution in [0.2, 0.25) is 0 Å². The molecular formula is C17H34O3.